The van der Waals surface area contributed by atoms with Crippen LogP contribution in [0.5, 0.6) is 0 Å². The van der Waals surface area contributed by atoms with Gasteiger partial charge in [-0.15, -0.1) is 0 Å². The number of hydrogen-bond donors (Lipinski definition) is 2. The van der Waals surface area contributed by atoms with E-state index >= 15 is 0 Å². The molecule has 34 heavy (non-hydrogen) atoms. The molecular formula is C28H27Cl2N3O. The molecule has 0 saturated heterocycles. The van der Waals surface area contributed by atoms with Gasteiger partial charge in [0.2, 0.25) is 0 Å². The molecule has 0 saturated carbocycles. The molecule has 1 aliphatic rings. The predicted molar refractivity (Wildman–Crippen MR) is 141 cm³/mol. The molecule has 1 amide bonds. The molecular weight excluding hydrogens is 465 g/mol. The van der Waals surface area contributed by atoms with Crippen molar-refractivity contribution < 1.29 is 4.79 Å². The van der Waals surface area contributed by atoms with E-state index in [9.17, 15) is 4.79 Å². The van der Waals surface area contributed by atoms with Gasteiger partial charge in [-0.05, 0) is 49.1 Å². The van der Waals surface area contributed by atoms with Crippen LogP contribution in [0, 0.1) is 0 Å². The molecule has 1 heterocycles. The van der Waals surface area contributed by atoms with Crippen molar-refractivity contribution >= 4 is 34.9 Å². The summed E-state index contributed by atoms with van der Waals surface area (Å²) in [4.78, 5) is 18.1. The van der Waals surface area contributed by atoms with Gasteiger partial charge in [0.25, 0.3) is 5.91 Å². The Labute approximate surface area is 210 Å². The summed E-state index contributed by atoms with van der Waals surface area (Å²) in [5, 5.41) is 7.24. The summed E-state index contributed by atoms with van der Waals surface area (Å²) in [5.41, 5.74) is 4.65. The zero-order valence-corrected chi connectivity index (χ0v) is 20.7. The maximum atomic E-state index is 13.4. The summed E-state index contributed by atoms with van der Waals surface area (Å²) in [5.74, 6) is 0.795. The van der Waals surface area contributed by atoms with Gasteiger partial charge in [-0.1, -0.05) is 89.9 Å². The Kier molecular flexibility index (Phi) is 7.71. The Bertz CT molecular complexity index is 1180. The first-order chi connectivity index (χ1) is 16.4. The molecule has 0 aliphatic carbocycles. The molecule has 4 rings (SSSR count). The number of nitrogens with one attached hydrogen (secondary N) is 2. The van der Waals surface area contributed by atoms with Crippen LogP contribution in [0.15, 0.2) is 95.1 Å². The van der Waals surface area contributed by atoms with E-state index < -0.39 is 6.04 Å². The van der Waals surface area contributed by atoms with E-state index in [4.69, 9.17) is 28.2 Å². The maximum Gasteiger partial charge on any atom is 0.251 e. The number of hydrogen-bond acceptors (Lipinski definition) is 3. The minimum absolute atomic E-state index is 0.141. The van der Waals surface area contributed by atoms with E-state index in [1.807, 2.05) is 56.3 Å². The average molecular weight is 492 g/mol. The second-order valence-electron chi connectivity index (χ2n) is 8.37. The highest BCUT2D eigenvalue weighted by molar-refractivity contribution is 6.42. The number of carbonyl (C=O) groups is 1. The third-order valence-electron chi connectivity index (χ3n) is 6.00. The van der Waals surface area contributed by atoms with E-state index in [1.165, 1.54) is 11.1 Å². The van der Waals surface area contributed by atoms with Gasteiger partial charge in [-0.25, -0.2) is 0 Å². The van der Waals surface area contributed by atoms with Gasteiger partial charge in [0.05, 0.1) is 21.5 Å². The van der Waals surface area contributed by atoms with Crippen LogP contribution >= 0.6 is 23.2 Å². The Morgan fingerprint density at radius 3 is 2.15 bits per heavy atom. The minimum atomic E-state index is -0.449. The van der Waals surface area contributed by atoms with Gasteiger partial charge in [-0.3, -0.25) is 9.79 Å². The Hall–Kier alpha value is -3.08. The molecule has 6 heteroatoms. The number of amides is 1. The normalized spacial score (nSPS) is 15.7. The van der Waals surface area contributed by atoms with Crippen molar-refractivity contribution in [3.63, 3.8) is 0 Å². The van der Waals surface area contributed by atoms with Gasteiger partial charge in [0.1, 0.15) is 6.04 Å². The lowest BCUT2D eigenvalue weighted by Crippen LogP contribution is -2.35. The molecule has 174 valence electrons. The molecule has 0 bridgehead atoms. The number of aliphatic imine (C=N–C) groups is 1. The van der Waals surface area contributed by atoms with E-state index in [2.05, 4.69) is 34.9 Å². The molecule has 0 aromatic heterocycles. The van der Waals surface area contributed by atoms with Gasteiger partial charge < -0.3 is 10.6 Å². The number of amidine groups is 1. The van der Waals surface area contributed by atoms with Gasteiger partial charge in [-0.2, -0.15) is 0 Å². The highest BCUT2D eigenvalue weighted by Crippen LogP contribution is 2.34. The summed E-state index contributed by atoms with van der Waals surface area (Å²) in [6.45, 7) is 4.31. The Morgan fingerprint density at radius 1 is 0.941 bits per heavy atom. The van der Waals surface area contributed by atoms with Gasteiger partial charge in [0, 0.05) is 18.2 Å². The van der Waals surface area contributed by atoms with Crippen molar-refractivity contribution in [3.8, 4) is 0 Å². The fourth-order valence-corrected chi connectivity index (χ4v) is 4.68. The molecule has 0 spiro atoms. The van der Waals surface area contributed by atoms with Crippen molar-refractivity contribution in [2.45, 2.75) is 32.2 Å². The first-order valence-electron chi connectivity index (χ1n) is 11.3. The molecule has 3 aromatic rings. The van der Waals surface area contributed by atoms with Crippen LogP contribution < -0.4 is 10.6 Å². The van der Waals surface area contributed by atoms with E-state index in [0.29, 0.717) is 22.2 Å². The second kappa shape index (κ2) is 10.9. The van der Waals surface area contributed by atoms with Gasteiger partial charge >= 0.3 is 0 Å². The lowest BCUT2D eigenvalue weighted by molar-refractivity contribution is -0.117. The third kappa shape index (κ3) is 5.52. The van der Waals surface area contributed by atoms with Crippen molar-refractivity contribution in [2.75, 3.05) is 6.54 Å². The monoisotopic (exact) mass is 491 g/mol. The molecule has 4 nitrogen and oxygen atoms in total. The predicted octanol–water partition coefficient (Wildman–Crippen LogP) is 6.67. The fraction of sp³-hybridized carbons (Fsp3) is 0.214. The smallest absolute Gasteiger partial charge is 0.251 e. The van der Waals surface area contributed by atoms with Crippen LogP contribution in [0.2, 0.25) is 10.0 Å². The number of benzene rings is 3. The first kappa shape index (κ1) is 24.1. The van der Waals surface area contributed by atoms with Crippen molar-refractivity contribution in [1.29, 1.82) is 0 Å². The molecule has 1 unspecified atom stereocenters. The van der Waals surface area contributed by atoms with Crippen LogP contribution in [0.4, 0.5) is 0 Å². The number of carbonyl (C=O) groups excluding carboxylic acids is 1. The van der Waals surface area contributed by atoms with Crippen LogP contribution in [0.3, 0.4) is 0 Å². The first-order valence-corrected chi connectivity index (χ1v) is 12.0. The largest absolute Gasteiger partial charge is 0.352 e. The van der Waals surface area contributed by atoms with E-state index in [1.54, 1.807) is 12.1 Å². The van der Waals surface area contributed by atoms with Crippen molar-refractivity contribution in [1.82, 2.24) is 10.6 Å². The number of allylic oxidation sites excluding steroid dienone is 1. The zero-order valence-electron chi connectivity index (χ0n) is 19.2. The van der Waals surface area contributed by atoms with Crippen LogP contribution in [-0.4, -0.2) is 18.3 Å². The summed E-state index contributed by atoms with van der Waals surface area (Å²) in [6.07, 6.45) is 0.777. The lowest BCUT2D eigenvalue weighted by Gasteiger charge is -2.26. The molecule has 2 N–H and O–H groups in total. The molecule has 0 fully saturated rings. The van der Waals surface area contributed by atoms with Gasteiger partial charge in [0.15, 0.2) is 0 Å². The summed E-state index contributed by atoms with van der Waals surface area (Å²) in [6, 6.07) is 25.7. The standard InChI is InChI=1S/C28H27Cl2N3O/c1-18-26(27(33-19(2)32-18)22-13-14-24(29)25(30)17-22)28(34)31-16-15-23(20-9-5-3-6-10-20)21-11-7-4-8-12-21/h3-14,17,23,27H,15-16H2,1-2H3,(H,31,34)(H,32,33). The highest BCUT2D eigenvalue weighted by Gasteiger charge is 2.28. The highest BCUT2D eigenvalue weighted by atomic mass is 35.5. The number of nitrogens with zero attached hydrogens (tertiary/aromatic N) is 1. The summed E-state index contributed by atoms with van der Waals surface area (Å²) in [7, 11) is 0. The number of rotatable bonds is 7. The lowest BCUT2D eigenvalue weighted by atomic mass is 9.88. The van der Waals surface area contributed by atoms with Crippen molar-refractivity contribution in [3.05, 3.63) is 117 Å². The fourth-order valence-electron chi connectivity index (χ4n) is 4.37. The van der Waals surface area contributed by atoms with Crippen LogP contribution in [0.25, 0.3) is 0 Å². The number of halogens is 2. The molecule has 1 atom stereocenters. The van der Waals surface area contributed by atoms with E-state index in [-0.39, 0.29) is 11.8 Å². The Morgan fingerprint density at radius 2 is 1.56 bits per heavy atom. The Balaban J connectivity index is 1.52. The molecule has 3 aromatic carbocycles. The quantitative estimate of drug-likeness (QED) is 0.387. The summed E-state index contributed by atoms with van der Waals surface area (Å²) < 4.78 is 0. The van der Waals surface area contributed by atoms with E-state index in [0.717, 1.165) is 23.5 Å². The third-order valence-corrected chi connectivity index (χ3v) is 6.73. The summed E-state index contributed by atoms with van der Waals surface area (Å²) >= 11 is 12.4. The molecule has 1 aliphatic heterocycles. The van der Waals surface area contributed by atoms with Crippen LogP contribution in [0.1, 0.15) is 48.9 Å². The zero-order chi connectivity index (χ0) is 24.1. The minimum Gasteiger partial charge on any atom is -0.352 e. The average Bonchev–Trinajstić information content (AvgIpc) is 2.84. The topological polar surface area (TPSA) is 53.5 Å². The molecule has 0 radical (unpaired) electrons. The van der Waals surface area contributed by atoms with Crippen LogP contribution in [-0.2, 0) is 4.79 Å². The second-order valence-corrected chi connectivity index (χ2v) is 9.19. The SMILES string of the molecule is CC1=NC(c2ccc(Cl)c(Cl)c2)C(C(=O)NCCC(c2ccccc2)c2ccccc2)=C(C)N1. The van der Waals surface area contributed by atoms with Crippen molar-refractivity contribution in [2.24, 2.45) is 4.99 Å². The maximum absolute atomic E-state index is 13.4.